The van der Waals surface area contributed by atoms with Crippen LogP contribution in [-0.4, -0.2) is 64.9 Å². The number of aliphatic hydroxyl groups is 1. The Morgan fingerprint density at radius 1 is 1.06 bits per heavy atom. The lowest BCUT2D eigenvalue weighted by atomic mass is 10.0. The van der Waals surface area contributed by atoms with E-state index in [1.54, 1.807) is 64.1 Å². The minimum Gasteiger partial charge on any atom is -0.508 e. The molecule has 0 saturated heterocycles. The van der Waals surface area contributed by atoms with Gasteiger partial charge in [-0.25, -0.2) is 4.79 Å². The van der Waals surface area contributed by atoms with Crippen LogP contribution in [0.4, 0.5) is 10.5 Å². The van der Waals surface area contributed by atoms with Crippen LogP contribution >= 0.6 is 0 Å². The van der Waals surface area contributed by atoms with Gasteiger partial charge in [0.1, 0.15) is 29.2 Å². The standard InChI is InChI=1S/C25H33N3O7/c1-6-28(23(32)19(15-29)27-24(33)35-25(2,3)4)21(18-9-7-8-10-20(18)30)22(31)26-16-11-13-17(34-5)14-12-16/h7-14,19,21,29-30H,6,15H2,1-5H3,(H,26,31)(H,27,33). The Morgan fingerprint density at radius 2 is 1.69 bits per heavy atom. The highest BCUT2D eigenvalue weighted by Crippen LogP contribution is 2.30. The summed E-state index contributed by atoms with van der Waals surface area (Å²) in [7, 11) is 1.52. The lowest BCUT2D eigenvalue weighted by molar-refractivity contribution is -0.141. The topological polar surface area (TPSA) is 137 Å². The molecule has 2 rings (SSSR count). The van der Waals surface area contributed by atoms with Crippen molar-refractivity contribution >= 4 is 23.6 Å². The molecule has 2 unspecified atom stereocenters. The van der Waals surface area contributed by atoms with Gasteiger partial charge in [0.05, 0.1) is 13.7 Å². The van der Waals surface area contributed by atoms with Gasteiger partial charge in [0.25, 0.3) is 5.91 Å². The Hall–Kier alpha value is -3.79. The minimum atomic E-state index is -1.37. The van der Waals surface area contributed by atoms with Crippen LogP contribution < -0.4 is 15.4 Å². The summed E-state index contributed by atoms with van der Waals surface area (Å²) in [6.07, 6.45) is -0.886. The van der Waals surface area contributed by atoms with Crippen molar-refractivity contribution in [1.82, 2.24) is 10.2 Å². The molecule has 4 N–H and O–H groups in total. The SMILES string of the molecule is CCN(C(=O)C(CO)NC(=O)OC(C)(C)C)C(C(=O)Nc1ccc(OC)cc1)c1ccccc1O. The van der Waals surface area contributed by atoms with Crippen LogP contribution in [0.15, 0.2) is 48.5 Å². The third-order valence-corrected chi connectivity index (χ3v) is 4.94. The molecule has 2 aromatic carbocycles. The number of alkyl carbamates (subject to hydrolysis) is 1. The van der Waals surface area contributed by atoms with Crippen LogP contribution in [0, 0.1) is 0 Å². The third kappa shape index (κ3) is 7.61. The molecule has 0 radical (unpaired) electrons. The van der Waals surface area contributed by atoms with E-state index in [9.17, 15) is 24.6 Å². The van der Waals surface area contributed by atoms with Crippen molar-refractivity contribution in [1.29, 1.82) is 0 Å². The number of nitrogens with zero attached hydrogens (tertiary/aromatic N) is 1. The van der Waals surface area contributed by atoms with Crippen molar-refractivity contribution in [3.8, 4) is 11.5 Å². The predicted octanol–water partition coefficient (Wildman–Crippen LogP) is 2.81. The number of hydrogen-bond acceptors (Lipinski definition) is 7. The van der Waals surface area contributed by atoms with Crippen molar-refractivity contribution in [3.63, 3.8) is 0 Å². The predicted molar refractivity (Wildman–Crippen MR) is 130 cm³/mol. The molecule has 2 aromatic rings. The van der Waals surface area contributed by atoms with Crippen molar-refractivity contribution < 1.29 is 34.1 Å². The zero-order chi connectivity index (χ0) is 26.2. The Balaban J connectivity index is 2.38. The first-order valence-electron chi connectivity index (χ1n) is 11.1. The molecular weight excluding hydrogens is 454 g/mol. The molecule has 0 aromatic heterocycles. The second-order valence-corrected chi connectivity index (χ2v) is 8.68. The highest BCUT2D eigenvalue weighted by molar-refractivity contribution is 5.99. The summed E-state index contributed by atoms with van der Waals surface area (Å²) in [5.41, 5.74) is -0.179. The maximum absolute atomic E-state index is 13.4. The lowest BCUT2D eigenvalue weighted by Crippen LogP contribution is -2.53. The van der Waals surface area contributed by atoms with Crippen molar-refractivity contribution in [3.05, 3.63) is 54.1 Å². The highest BCUT2D eigenvalue weighted by atomic mass is 16.6. The van der Waals surface area contributed by atoms with Gasteiger partial charge in [-0.05, 0) is 58.0 Å². The summed E-state index contributed by atoms with van der Waals surface area (Å²) in [5.74, 6) is -0.904. The van der Waals surface area contributed by atoms with Crippen LogP contribution in [0.3, 0.4) is 0 Å². The molecule has 10 nitrogen and oxygen atoms in total. The number of aromatic hydroxyl groups is 1. The number of hydrogen-bond donors (Lipinski definition) is 4. The number of benzene rings is 2. The van der Waals surface area contributed by atoms with Gasteiger partial charge < -0.3 is 35.2 Å². The van der Waals surface area contributed by atoms with Crippen LogP contribution in [0.25, 0.3) is 0 Å². The molecule has 3 amide bonds. The van der Waals surface area contributed by atoms with Gasteiger partial charge in [0.15, 0.2) is 0 Å². The molecule has 0 bridgehead atoms. The number of phenolic OH excluding ortho intramolecular Hbond substituents is 1. The third-order valence-electron chi connectivity index (χ3n) is 4.94. The molecule has 0 spiro atoms. The second-order valence-electron chi connectivity index (χ2n) is 8.68. The number of rotatable bonds is 9. The summed E-state index contributed by atoms with van der Waals surface area (Å²) in [4.78, 5) is 40.2. The molecule has 0 aliphatic carbocycles. The fraction of sp³-hybridized carbons (Fsp3) is 0.400. The number of phenols is 1. The van der Waals surface area contributed by atoms with Gasteiger partial charge in [-0.15, -0.1) is 0 Å². The van der Waals surface area contributed by atoms with E-state index in [4.69, 9.17) is 9.47 Å². The molecule has 10 heteroatoms. The summed E-state index contributed by atoms with van der Waals surface area (Å²) in [5, 5.41) is 25.4. The molecule has 0 saturated carbocycles. The monoisotopic (exact) mass is 487 g/mol. The number of carbonyl (C=O) groups excluding carboxylic acids is 3. The average Bonchev–Trinajstić information content (AvgIpc) is 2.80. The normalized spacial score (nSPS) is 12.7. The second kappa shape index (κ2) is 12.1. The number of likely N-dealkylation sites (N-methyl/N-ethyl adjacent to an activating group) is 1. The maximum atomic E-state index is 13.4. The van der Waals surface area contributed by atoms with Crippen molar-refractivity contribution in [2.75, 3.05) is 25.6 Å². The van der Waals surface area contributed by atoms with Crippen LogP contribution in [0.5, 0.6) is 11.5 Å². The molecular formula is C25H33N3O7. The lowest BCUT2D eigenvalue weighted by Gasteiger charge is -2.33. The average molecular weight is 488 g/mol. The van der Waals surface area contributed by atoms with Crippen molar-refractivity contribution in [2.24, 2.45) is 0 Å². The molecule has 0 fully saturated rings. The van der Waals surface area contributed by atoms with Crippen molar-refractivity contribution in [2.45, 2.75) is 45.4 Å². The Kier molecular flexibility index (Phi) is 9.47. The van der Waals surface area contributed by atoms with Gasteiger partial charge in [0.2, 0.25) is 5.91 Å². The van der Waals surface area contributed by atoms with E-state index in [1.165, 1.54) is 24.1 Å². The zero-order valence-corrected chi connectivity index (χ0v) is 20.6. The van der Waals surface area contributed by atoms with E-state index in [0.717, 1.165) is 0 Å². The number of amides is 3. The zero-order valence-electron chi connectivity index (χ0n) is 20.6. The van der Waals surface area contributed by atoms with Gasteiger partial charge >= 0.3 is 6.09 Å². The van der Waals surface area contributed by atoms with Gasteiger partial charge in [-0.3, -0.25) is 9.59 Å². The summed E-state index contributed by atoms with van der Waals surface area (Å²) < 4.78 is 10.3. The van der Waals surface area contributed by atoms with Gasteiger partial charge in [-0.1, -0.05) is 18.2 Å². The van der Waals surface area contributed by atoms with Gasteiger partial charge in [0, 0.05) is 17.8 Å². The largest absolute Gasteiger partial charge is 0.508 e. The van der Waals surface area contributed by atoms with E-state index >= 15 is 0 Å². The summed E-state index contributed by atoms with van der Waals surface area (Å²) >= 11 is 0. The molecule has 190 valence electrons. The Labute approximate surface area is 204 Å². The fourth-order valence-corrected chi connectivity index (χ4v) is 3.36. The van der Waals surface area contributed by atoms with Crippen LogP contribution in [-0.2, 0) is 14.3 Å². The number of para-hydroxylation sites is 1. The first kappa shape index (κ1) is 27.5. The highest BCUT2D eigenvalue weighted by Gasteiger charge is 2.36. The number of carbonyl (C=O) groups is 3. The molecule has 0 aliphatic rings. The van der Waals surface area contributed by atoms with E-state index in [0.29, 0.717) is 11.4 Å². The number of nitrogens with one attached hydrogen (secondary N) is 2. The van der Waals surface area contributed by atoms with E-state index < -0.39 is 42.2 Å². The molecule has 0 heterocycles. The summed E-state index contributed by atoms with van der Waals surface area (Å²) in [6.45, 7) is 5.96. The quantitative estimate of drug-likeness (QED) is 0.427. The molecule has 35 heavy (non-hydrogen) atoms. The van der Waals surface area contributed by atoms with Crippen LogP contribution in [0.2, 0.25) is 0 Å². The molecule has 2 atom stereocenters. The maximum Gasteiger partial charge on any atom is 0.408 e. The smallest absolute Gasteiger partial charge is 0.408 e. The number of ether oxygens (including phenoxy) is 2. The fourth-order valence-electron chi connectivity index (χ4n) is 3.36. The number of methoxy groups -OCH3 is 1. The number of aliphatic hydroxyl groups excluding tert-OH is 1. The summed E-state index contributed by atoms with van der Waals surface area (Å²) in [6, 6.07) is 10.1. The first-order valence-corrected chi connectivity index (χ1v) is 11.1. The number of anilines is 1. The van der Waals surface area contributed by atoms with E-state index in [1.807, 2.05) is 0 Å². The van der Waals surface area contributed by atoms with E-state index in [2.05, 4.69) is 10.6 Å². The first-order chi connectivity index (χ1) is 16.5. The van der Waals surface area contributed by atoms with Crippen LogP contribution in [0.1, 0.15) is 39.3 Å². The Morgan fingerprint density at radius 3 is 2.20 bits per heavy atom. The minimum absolute atomic E-state index is 0.0420. The van der Waals surface area contributed by atoms with E-state index in [-0.39, 0.29) is 17.9 Å². The van der Waals surface area contributed by atoms with Gasteiger partial charge in [-0.2, -0.15) is 0 Å². The molecule has 0 aliphatic heterocycles. The Bertz CT molecular complexity index is 1020.